The van der Waals surface area contributed by atoms with E-state index in [2.05, 4.69) is 24.1 Å². The molecule has 18 heavy (non-hydrogen) atoms. The van der Waals surface area contributed by atoms with Gasteiger partial charge in [0.1, 0.15) is 0 Å². The minimum Gasteiger partial charge on any atom is -0.383 e. The molecule has 5 nitrogen and oxygen atoms in total. The van der Waals surface area contributed by atoms with Gasteiger partial charge < -0.3 is 15.8 Å². The molecule has 0 rings (SSSR count). The molecule has 0 saturated heterocycles. The molecule has 0 aliphatic carbocycles. The highest BCUT2D eigenvalue weighted by Gasteiger charge is 2.17. The molecule has 1 amide bonds. The van der Waals surface area contributed by atoms with Gasteiger partial charge in [-0.05, 0) is 26.3 Å². The summed E-state index contributed by atoms with van der Waals surface area (Å²) in [7, 11) is 1.71. The number of nitrogens with one attached hydrogen (secondary N) is 1. The van der Waals surface area contributed by atoms with Gasteiger partial charge in [-0.2, -0.15) is 0 Å². The fraction of sp³-hybridized carbons (Fsp3) is 0.923. The van der Waals surface area contributed by atoms with Crippen LogP contribution in [0, 0.1) is 0 Å². The maximum Gasteiger partial charge on any atom is 0.234 e. The van der Waals surface area contributed by atoms with E-state index in [9.17, 15) is 4.79 Å². The first-order chi connectivity index (χ1) is 8.56. The lowest BCUT2D eigenvalue weighted by Crippen LogP contribution is -2.45. The molecule has 0 aromatic rings. The van der Waals surface area contributed by atoms with Crippen molar-refractivity contribution in [1.82, 2.24) is 10.2 Å². The third-order valence-electron chi connectivity index (χ3n) is 3.30. The summed E-state index contributed by atoms with van der Waals surface area (Å²) in [5.41, 5.74) is 5.37. The van der Waals surface area contributed by atoms with E-state index in [-0.39, 0.29) is 11.9 Å². The molecule has 3 N–H and O–H groups in total. The van der Waals surface area contributed by atoms with Crippen LogP contribution in [0.15, 0.2) is 0 Å². The second-order valence-electron chi connectivity index (χ2n) is 4.59. The lowest BCUT2D eigenvalue weighted by Gasteiger charge is -2.29. The van der Waals surface area contributed by atoms with E-state index in [1.165, 1.54) is 0 Å². The number of carbonyl (C=O) groups is 1. The second-order valence-corrected chi connectivity index (χ2v) is 4.59. The molecular formula is C13H29N3O2. The van der Waals surface area contributed by atoms with E-state index in [1.807, 2.05) is 6.92 Å². The summed E-state index contributed by atoms with van der Waals surface area (Å²) < 4.78 is 5.12. The van der Waals surface area contributed by atoms with E-state index in [0.29, 0.717) is 12.6 Å². The van der Waals surface area contributed by atoms with Crippen molar-refractivity contribution in [2.45, 2.75) is 45.7 Å². The zero-order valence-electron chi connectivity index (χ0n) is 12.2. The predicted molar refractivity (Wildman–Crippen MR) is 74.5 cm³/mol. The average Bonchev–Trinajstić information content (AvgIpc) is 2.36. The molecule has 0 bridgehead atoms. The number of nitrogens with zero attached hydrogens (tertiary/aromatic N) is 1. The number of primary amides is 1. The molecule has 0 aliphatic rings. The molecular weight excluding hydrogens is 230 g/mol. The van der Waals surface area contributed by atoms with E-state index < -0.39 is 0 Å². The van der Waals surface area contributed by atoms with Gasteiger partial charge in [0.05, 0.1) is 12.6 Å². The maximum absolute atomic E-state index is 11.3. The number of nitrogens with two attached hydrogens (primary N) is 1. The summed E-state index contributed by atoms with van der Waals surface area (Å²) in [6.07, 6.45) is 1.84. The second kappa shape index (κ2) is 10.3. The molecule has 108 valence electrons. The Morgan fingerprint density at radius 2 is 2.06 bits per heavy atom. The minimum atomic E-state index is -0.271. The van der Waals surface area contributed by atoms with Gasteiger partial charge in [-0.3, -0.25) is 9.69 Å². The van der Waals surface area contributed by atoms with Crippen LogP contribution in [0.2, 0.25) is 0 Å². The Kier molecular flexibility index (Phi) is 9.92. The van der Waals surface area contributed by atoms with Crippen molar-refractivity contribution in [3.8, 4) is 0 Å². The number of likely N-dealkylation sites (N-methyl/N-ethyl adjacent to an activating group) is 1. The van der Waals surface area contributed by atoms with E-state index in [1.54, 1.807) is 7.11 Å². The molecule has 2 unspecified atom stereocenters. The topological polar surface area (TPSA) is 67.6 Å². The Hall–Kier alpha value is -0.650. The molecule has 2 atom stereocenters. The van der Waals surface area contributed by atoms with Crippen molar-refractivity contribution in [2.75, 3.05) is 33.4 Å². The van der Waals surface area contributed by atoms with Crippen molar-refractivity contribution in [3.63, 3.8) is 0 Å². The van der Waals surface area contributed by atoms with Crippen LogP contribution in [0.3, 0.4) is 0 Å². The number of ether oxygens (including phenoxy) is 1. The fourth-order valence-corrected chi connectivity index (χ4v) is 1.91. The van der Waals surface area contributed by atoms with Gasteiger partial charge >= 0.3 is 0 Å². The highest BCUT2D eigenvalue weighted by molar-refractivity contribution is 5.79. The number of methoxy groups -OCH3 is 1. The number of hydrogen-bond donors (Lipinski definition) is 2. The van der Waals surface area contributed by atoms with Gasteiger partial charge in [-0.25, -0.2) is 0 Å². The third kappa shape index (κ3) is 6.93. The molecule has 0 radical (unpaired) electrons. The summed E-state index contributed by atoms with van der Waals surface area (Å²) in [5, 5.41) is 3.12. The van der Waals surface area contributed by atoms with Crippen molar-refractivity contribution >= 4 is 5.91 Å². The summed E-state index contributed by atoms with van der Waals surface area (Å²) in [5.74, 6) is -0.271. The normalized spacial score (nSPS) is 14.7. The lowest BCUT2D eigenvalue weighted by atomic mass is 10.1. The minimum absolute atomic E-state index is 0.232. The fourth-order valence-electron chi connectivity index (χ4n) is 1.91. The third-order valence-corrected chi connectivity index (χ3v) is 3.30. The molecule has 0 saturated carbocycles. The van der Waals surface area contributed by atoms with Crippen molar-refractivity contribution in [2.24, 2.45) is 5.73 Å². The van der Waals surface area contributed by atoms with Crippen molar-refractivity contribution < 1.29 is 9.53 Å². The van der Waals surface area contributed by atoms with Crippen LogP contribution in [-0.4, -0.2) is 56.2 Å². The smallest absolute Gasteiger partial charge is 0.234 e. The SMILES string of the molecule is CCNC(CCN(CCOC)C(C)CC)C(N)=O. The van der Waals surface area contributed by atoms with Gasteiger partial charge in [0.25, 0.3) is 0 Å². The Balaban J connectivity index is 4.24. The first-order valence-electron chi connectivity index (χ1n) is 6.82. The maximum atomic E-state index is 11.3. The average molecular weight is 259 g/mol. The molecule has 0 aliphatic heterocycles. The van der Waals surface area contributed by atoms with Crippen LogP contribution in [0.1, 0.15) is 33.6 Å². The highest BCUT2D eigenvalue weighted by Crippen LogP contribution is 2.05. The number of rotatable bonds is 11. The quantitative estimate of drug-likeness (QED) is 0.570. The van der Waals surface area contributed by atoms with Crippen LogP contribution in [0.4, 0.5) is 0 Å². The molecule has 0 aromatic carbocycles. The highest BCUT2D eigenvalue weighted by atomic mass is 16.5. The van der Waals surface area contributed by atoms with Gasteiger partial charge in [0, 0.05) is 26.2 Å². The Bertz CT molecular complexity index is 224. The monoisotopic (exact) mass is 259 g/mol. The lowest BCUT2D eigenvalue weighted by molar-refractivity contribution is -0.120. The zero-order valence-corrected chi connectivity index (χ0v) is 12.2. The van der Waals surface area contributed by atoms with E-state index >= 15 is 0 Å². The summed E-state index contributed by atoms with van der Waals surface area (Å²) in [4.78, 5) is 13.6. The zero-order chi connectivity index (χ0) is 14.0. The van der Waals surface area contributed by atoms with Crippen LogP contribution < -0.4 is 11.1 Å². The van der Waals surface area contributed by atoms with E-state index in [4.69, 9.17) is 10.5 Å². The Labute approximate surface area is 111 Å². The molecule has 5 heteroatoms. The van der Waals surface area contributed by atoms with Gasteiger partial charge in [-0.1, -0.05) is 13.8 Å². The van der Waals surface area contributed by atoms with Gasteiger partial charge in [0.2, 0.25) is 5.91 Å². The number of carbonyl (C=O) groups excluding carboxylic acids is 1. The molecule has 0 heterocycles. The summed E-state index contributed by atoms with van der Waals surface area (Å²) in [6.45, 7) is 9.57. The Morgan fingerprint density at radius 1 is 1.39 bits per heavy atom. The number of hydrogen-bond acceptors (Lipinski definition) is 4. The molecule has 0 spiro atoms. The standard InChI is InChI=1S/C13H29N3O2/c1-5-11(3)16(9-10-18-4)8-7-12(13(14)17)15-6-2/h11-12,15H,5-10H2,1-4H3,(H2,14,17). The van der Waals surface area contributed by atoms with Gasteiger partial charge in [0.15, 0.2) is 0 Å². The van der Waals surface area contributed by atoms with Crippen LogP contribution in [0.25, 0.3) is 0 Å². The van der Waals surface area contributed by atoms with Crippen LogP contribution >= 0.6 is 0 Å². The predicted octanol–water partition coefficient (Wildman–Crippen LogP) is 0.587. The Morgan fingerprint density at radius 3 is 2.50 bits per heavy atom. The van der Waals surface area contributed by atoms with Crippen LogP contribution in [0.5, 0.6) is 0 Å². The largest absolute Gasteiger partial charge is 0.383 e. The summed E-state index contributed by atoms with van der Waals surface area (Å²) >= 11 is 0. The number of amides is 1. The van der Waals surface area contributed by atoms with Crippen molar-refractivity contribution in [1.29, 1.82) is 0 Å². The molecule has 0 fully saturated rings. The van der Waals surface area contributed by atoms with Crippen molar-refractivity contribution in [3.05, 3.63) is 0 Å². The van der Waals surface area contributed by atoms with E-state index in [0.717, 1.165) is 32.5 Å². The van der Waals surface area contributed by atoms with Crippen LogP contribution in [-0.2, 0) is 9.53 Å². The molecule has 0 aromatic heterocycles. The first kappa shape index (κ1) is 17.4. The van der Waals surface area contributed by atoms with Gasteiger partial charge in [-0.15, -0.1) is 0 Å². The summed E-state index contributed by atoms with van der Waals surface area (Å²) in [6, 6.07) is 0.263. The first-order valence-corrected chi connectivity index (χ1v) is 6.82.